The van der Waals surface area contributed by atoms with Gasteiger partial charge in [-0.2, -0.15) is 0 Å². The molecule has 1 aromatic heterocycles. The van der Waals surface area contributed by atoms with Crippen LogP contribution in [0.25, 0.3) is 22.2 Å². The van der Waals surface area contributed by atoms with E-state index >= 15 is 0 Å². The summed E-state index contributed by atoms with van der Waals surface area (Å²) in [4.78, 5) is 61.6. The molecule has 4 aliphatic rings. The predicted molar refractivity (Wildman–Crippen MR) is 205 cm³/mol. The fraction of sp³-hybridized carbons (Fsp3) is 0.475. The first-order valence-electron chi connectivity index (χ1n) is 19.1. The molecule has 2 aliphatic carbocycles. The van der Waals surface area contributed by atoms with Crippen LogP contribution < -0.4 is 25.8 Å². The van der Waals surface area contributed by atoms with Crippen LogP contribution in [0.5, 0.6) is 5.75 Å². The van der Waals surface area contributed by atoms with Crippen molar-refractivity contribution in [3.05, 3.63) is 72.8 Å². The van der Waals surface area contributed by atoms with E-state index in [0.29, 0.717) is 37.1 Å². The minimum Gasteiger partial charge on any atom is -0.488 e. The lowest BCUT2D eigenvalue weighted by molar-refractivity contribution is -0.141. The monoisotopic (exact) mass is 772 g/mol. The third-order valence-electron chi connectivity index (χ3n) is 10.9. The van der Waals surface area contributed by atoms with Crippen molar-refractivity contribution in [3.63, 3.8) is 0 Å². The number of benzene rings is 2. The molecule has 5 N–H and O–H groups in total. The molecule has 2 aliphatic heterocycles. The van der Waals surface area contributed by atoms with Crippen molar-refractivity contribution in [1.82, 2.24) is 25.2 Å². The van der Waals surface area contributed by atoms with Gasteiger partial charge in [0.25, 0.3) is 5.91 Å². The molecule has 55 heavy (non-hydrogen) atoms. The summed E-state index contributed by atoms with van der Waals surface area (Å²) in [5.41, 5.74) is 7.66. The highest BCUT2D eigenvalue weighted by molar-refractivity contribution is 7.91. The Hall–Kier alpha value is -5.02. The number of cyclic esters (lactones) is 1. The topological polar surface area (TPSA) is 199 Å². The summed E-state index contributed by atoms with van der Waals surface area (Å²) in [6.07, 6.45) is 4.92. The predicted octanol–water partition coefficient (Wildman–Crippen LogP) is 3.48. The number of nitrogens with one attached hydrogen (secondary N) is 3. The molecule has 14 nitrogen and oxygen atoms in total. The van der Waals surface area contributed by atoms with Gasteiger partial charge in [-0.1, -0.05) is 42.5 Å². The number of pyridine rings is 1. The summed E-state index contributed by atoms with van der Waals surface area (Å²) in [5.74, 6) is -2.00. The van der Waals surface area contributed by atoms with E-state index in [0.717, 1.165) is 41.3 Å². The number of carbonyl (C=O) groups is 4. The Kier molecular flexibility index (Phi) is 11.1. The molecule has 3 heterocycles. The summed E-state index contributed by atoms with van der Waals surface area (Å²) in [6.45, 7) is 4.21. The van der Waals surface area contributed by atoms with Gasteiger partial charge in [-0.25, -0.2) is 18.2 Å². The van der Waals surface area contributed by atoms with Crippen LogP contribution in [0, 0.1) is 5.92 Å². The minimum atomic E-state index is -3.90. The highest BCUT2D eigenvalue weighted by Gasteiger charge is 2.62. The molecule has 3 fully saturated rings. The summed E-state index contributed by atoms with van der Waals surface area (Å²) >= 11 is 0. The largest absolute Gasteiger partial charge is 0.488 e. The molecule has 4 bridgehead atoms. The second-order valence-electron chi connectivity index (χ2n) is 15.0. The number of alkyl carbamates (subject to hydrolysis) is 1. The number of fused-ring (bicyclic) bond motifs is 3. The second kappa shape index (κ2) is 16.0. The summed E-state index contributed by atoms with van der Waals surface area (Å²) in [6, 6.07) is 15.5. The van der Waals surface area contributed by atoms with Gasteiger partial charge in [-0.05, 0) is 82.0 Å². The third-order valence-corrected chi connectivity index (χ3v) is 12.7. The zero-order valence-electron chi connectivity index (χ0n) is 30.7. The van der Waals surface area contributed by atoms with Crippen molar-refractivity contribution in [2.24, 2.45) is 11.7 Å². The first kappa shape index (κ1) is 38.3. The fourth-order valence-corrected chi connectivity index (χ4v) is 8.93. The molecule has 0 spiro atoms. The van der Waals surface area contributed by atoms with Gasteiger partial charge in [0.2, 0.25) is 21.8 Å². The smallest absolute Gasteiger partial charge is 0.407 e. The van der Waals surface area contributed by atoms with Crippen molar-refractivity contribution < 1.29 is 37.1 Å². The van der Waals surface area contributed by atoms with Crippen molar-refractivity contribution in [1.29, 1.82) is 0 Å². The Morgan fingerprint density at radius 1 is 1.09 bits per heavy atom. The molecule has 7 rings (SSSR count). The molecule has 0 unspecified atom stereocenters. The molecular formula is C40H48N6O8S. The van der Waals surface area contributed by atoms with Crippen LogP contribution in [0.1, 0.15) is 63.4 Å². The Labute approximate surface area is 320 Å². The van der Waals surface area contributed by atoms with E-state index in [2.05, 4.69) is 28.0 Å². The van der Waals surface area contributed by atoms with Crippen molar-refractivity contribution >= 4 is 44.7 Å². The van der Waals surface area contributed by atoms with E-state index in [9.17, 15) is 27.6 Å². The quantitative estimate of drug-likeness (QED) is 0.221. The normalized spacial score (nSPS) is 25.9. The van der Waals surface area contributed by atoms with Gasteiger partial charge in [0, 0.05) is 29.4 Å². The number of aromatic nitrogens is 1. The van der Waals surface area contributed by atoms with Gasteiger partial charge in [-0.3, -0.25) is 19.1 Å². The van der Waals surface area contributed by atoms with E-state index in [1.165, 1.54) is 11.0 Å². The highest BCUT2D eigenvalue weighted by Crippen LogP contribution is 2.45. The second-order valence-corrected chi connectivity index (χ2v) is 16.9. The standard InChI is InChI=1S/C40H48N6O8S/c1-2-27-23-40(27,38(49)45-55(51,52)29-15-16-29)44-36(47)34-21-28-24-46(34)37(48)32(13-9-18-41)43-39(50)53-19-8-4-5-10-25-14-17-31-30(20-25)35(54-28)22-33(42-31)26-11-6-3-7-12-26/h2-3,6-7,11-12,14,17,20,22,27-29,32,34H,1,4-5,8-10,13,15-16,18-19,21,23-24,41H2,(H,43,50)(H,44,47)(H,45,49)/t27-,28-,32+,34+,40-/m1/s1. The van der Waals surface area contributed by atoms with E-state index in [1.54, 1.807) is 0 Å². The van der Waals surface area contributed by atoms with E-state index in [4.69, 9.17) is 20.2 Å². The zero-order valence-corrected chi connectivity index (χ0v) is 31.5. The highest BCUT2D eigenvalue weighted by atomic mass is 32.2. The molecule has 5 atom stereocenters. The molecule has 2 aromatic carbocycles. The number of sulfonamides is 1. The Morgan fingerprint density at radius 3 is 2.62 bits per heavy atom. The fourth-order valence-electron chi connectivity index (χ4n) is 7.56. The zero-order chi connectivity index (χ0) is 38.7. The van der Waals surface area contributed by atoms with Crippen LogP contribution in [-0.2, 0) is 35.6 Å². The molecule has 3 aromatic rings. The molecule has 1 saturated heterocycles. The molecular weight excluding hydrogens is 725 g/mol. The summed E-state index contributed by atoms with van der Waals surface area (Å²) < 4.78 is 39.9. The lowest BCUT2D eigenvalue weighted by atomic mass is 10.0. The molecule has 15 heteroatoms. The SMILES string of the molecule is C=C[C@@H]1C[C@]1(NC(=O)[C@@H]1C[C@@H]2CN1C(=O)[C@H](CCCN)NC(=O)OCCCCCc1ccc3nc(-c4ccccc4)cc(c3c1)O2)C(=O)NS(=O)(=O)C1CC1. The first-order chi connectivity index (χ1) is 26.5. The van der Waals surface area contributed by atoms with Crippen LogP contribution in [-0.4, -0.2) is 90.8 Å². The lowest BCUT2D eigenvalue weighted by Gasteiger charge is -2.29. The van der Waals surface area contributed by atoms with E-state index in [-0.39, 0.29) is 39.0 Å². The number of rotatable bonds is 10. The average Bonchev–Trinajstić information content (AvgIpc) is 4.11. The van der Waals surface area contributed by atoms with Crippen molar-refractivity contribution in [2.45, 2.75) is 93.2 Å². The number of nitrogens with zero attached hydrogens (tertiary/aromatic N) is 2. The van der Waals surface area contributed by atoms with Gasteiger partial charge in [0.15, 0.2) is 0 Å². The van der Waals surface area contributed by atoms with Crippen LogP contribution in [0.15, 0.2) is 67.3 Å². The first-order valence-corrected chi connectivity index (χ1v) is 20.7. The number of amides is 4. The van der Waals surface area contributed by atoms with Crippen LogP contribution in [0.3, 0.4) is 0 Å². The number of hydrogen-bond donors (Lipinski definition) is 4. The third kappa shape index (κ3) is 8.47. The van der Waals surface area contributed by atoms with Gasteiger partial charge in [-0.15, -0.1) is 6.58 Å². The number of nitrogens with two attached hydrogens (primary N) is 1. The number of ether oxygens (including phenoxy) is 2. The number of hydrogen-bond acceptors (Lipinski definition) is 10. The summed E-state index contributed by atoms with van der Waals surface area (Å²) in [7, 11) is -3.90. The maximum absolute atomic E-state index is 14.4. The van der Waals surface area contributed by atoms with E-state index in [1.807, 2.05) is 48.5 Å². The Bertz CT molecular complexity index is 2080. The number of carbonyl (C=O) groups excluding carboxylic acids is 4. The Morgan fingerprint density at radius 2 is 1.89 bits per heavy atom. The molecule has 0 radical (unpaired) electrons. The van der Waals surface area contributed by atoms with Gasteiger partial charge < -0.3 is 30.7 Å². The van der Waals surface area contributed by atoms with Gasteiger partial charge >= 0.3 is 6.09 Å². The van der Waals surface area contributed by atoms with Crippen molar-refractivity contribution in [3.8, 4) is 17.0 Å². The molecule has 2 saturated carbocycles. The molecule has 4 amide bonds. The minimum absolute atomic E-state index is 0.0168. The average molecular weight is 773 g/mol. The van der Waals surface area contributed by atoms with E-state index < -0.39 is 68.7 Å². The van der Waals surface area contributed by atoms with Crippen LogP contribution >= 0.6 is 0 Å². The van der Waals surface area contributed by atoms with Crippen LogP contribution in [0.4, 0.5) is 4.79 Å². The number of aryl methyl sites for hydroxylation is 1. The lowest BCUT2D eigenvalue weighted by Crippen LogP contribution is -2.58. The van der Waals surface area contributed by atoms with Gasteiger partial charge in [0.1, 0.15) is 29.5 Å². The Balaban J connectivity index is 1.24. The maximum atomic E-state index is 14.4. The summed E-state index contributed by atoms with van der Waals surface area (Å²) in [5, 5.41) is 5.66. The van der Waals surface area contributed by atoms with Crippen molar-refractivity contribution in [2.75, 3.05) is 19.7 Å². The maximum Gasteiger partial charge on any atom is 0.407 e. The van der Waals surface area contributed by atoms with Gasteiger partial charge in [0.05, 0.1) is 29.6 Å². The van der Waals surface area contributed by atoms with Crippen LogP contribution in [0.2, 0.25) is 0 Å². The molecule has 292 valence electrons.